The molecule has 0 N–H and O–H groups in total. The molecule has 0 aliphatic carbocycles. The molecule has 0 radical (unpaired) electrons. The molecule has 0 spiro atoms. The van der Waals surface area contributed by atoms with E-state index in [0.29, 0.717) is 16.8 Å². The van der Waals surface area contributed by atoms with Gasteiger partial charge in [-0.05, 0) is 59.6 Å². The Morgan fingerprint density at radius 2 is 1.51 bits per heavy atom. The molecule has 188 valence electrons. The van der Waals surface area contributed by atoms with Crippen LogP contribution in [0.2, 0.25) is 5.02 Å². The molecule has 0 aliphatic rings. The van der Waals surface area contributed by atoms with Crippen molar-refractivity contribution in [2.45, 2.75) is 71.1 Å². The summed E-state index contributed by atoms with van der Waals surface area (Å²) in [5, 5.41) is -0.149. The van der Waals surface area contributed by atoms with Gasteiger partial charge in [-0.15, -0.1) is 0 Å². The molecule has 9 heteroatoms. The summed E-state index contributed by atoms with van der Waals surface area (Å²) >= 11 is 5.85. The number of benzene rings is 2. The summed E-state index contributed by atoms with van der Waals surface area (Å²) < 4.78 is 47.3. The minimum absolute atomic E-state index is 0.0782. The van der Waals surface area contributed by atoms with Crippen LogP contribution in [0.15, 0.2) is 46.1 Å². The summed E-state index contributed by atoms with van der Waals surface area (Å²) in [6.45, 7) is 13.4. The van der Waals surface area contributed by atoms with Crippen LogP contribution in [-0.2, 0) is 10.1 Å². The Morgan fingerprint density at radius 1 is 0.943 bits per heavy atom. The first-order chi connectivity index (χ1) is 16.2. The summed E-state index contributed by atoms with van der Waals surface area (Å²) in [6.07, 6.45) is 0. The van der Waals surface area contributed by atoms with E-state index >= 15 is 0 Å². The Balaban J connectivity index is 2.13. The van der Waals surface area contributed by atoms with Crippen molar-refractivity contribution in [3.05, 3.63) is 80.1 Å². The molecule has 3 rings (SSSR count). The van der Waals surface area contributed by atoms with Gasteiger partial charge in [0.15, 0.2) is 0 Å². The Bertz CT molecular complexity index is 1400. The minimum Gasteiger partial charge on any atom is -0.358 e. The van der Waals surface area contributed by atoms with Crippen LogP contribution in [-0.4, -0.2) is 18.0 Å². The largest absolute Gasteiger partial charge is 0.358 e. The van der Waals surface area contributed by atoms with Crippen molar-refractivity contribution in [2.75, 3.05) is 0 Å². The van der Waals surface area contributed by atoms with E-state index in [2.05, 4.69) is 18.8 Å². The third-order valence-electron chi connectivity index (χ3n) is 5.75. The molecule has 0 saturated heterocycles. The first-order valence-electron chi connectivity index (χ1n) is 11.4. The highest BCUT2D eigenvalue weighted by molar-refractivity contribution is 7.87. The number of hydrogen-bond donors (Lipinski definition) is 0. The van der Waals surface area contributed by atoms with Crippen LogP contribution in [0.3, 0.4) is 0 Å². The fraction of sp³-hybridized carbons (Fsp3) is 0.385. The molecular formula is C26H30ClFN2O4S. The summed E-state index contributed by atoms with van der Waals surface area (Å²) in [5.41, 5.74) is 2.07. The summed E-state index contributed by atoms with van der Waals surface area (Å²) in [7, 11) is -4.31. The highest BCUT2D eigenvalue weighted by Gasteiger charge is 2.29. The maximum atomic E-state index is 13.6. The summed E-state index contributed by atoms with van der Waals surface area (Å²) in [4.78, 5) is 17.2. The van der Waals surface area contributed by atoms with Crippen LogP contribution in [0, 0.1) is 12.7 Å². The molecule has 2 aromatic carbocycles. The van der Waals surface area contributed by atoms with E-state index in [4.69, 9.17) is 15.8 Å². The van der Waals surface area contributed by atoms with Crippen LogP contribution in [0.4, 0.5) is 4.39 Å². The van der Waals surface area contributed by atoms with Gasteiger partial charge in [-0.1, -0.05) is 65.3 Å². The number of hydrogen-bond acceptors (Lipinski definition) is 5. The molecule has 0 bridgehead atoms. The minimum atomic E-state index is -4.31. The zero-order chi connectivity index (χ0) is 26.2. The summed E-state index contributed by atoms with van der Waals surface area (Å²) in [5.74, 6) is -0.732. The van der Waals surface area contributed by atoms with Gasteiger partial charge in [-0.2, -0.15) is 13.4 Å². The molecule has 1 heterocycles. The van der Waals surface area contributed by atoms with Crippen molar-refractivity contribution in [1.29, 1.82) is 0 Å². The molecule has 0 aliphatic heterocycles. The van der Waals surface area contributed by atoms with Crippen molar-refractivity contribution in [3.63, 3.8) is 0 Å². The van der Waals surface area contributed by atoms with Crippen LogP contribution >= 0.6 is 11.6 Å². The number of aryl methyl sites for hydroxylation is 1. The monoisotopic (exact) mass is 520 g/mol. The van der Waals surface area contributed by atoms with Gasteiger partial charge >= 0.3 is 10.1 Å². The molecular weight excluding hydrogens is 491 g/mol. The van der Waals surface area contributed by atoms with E-state index in [1.807, 2.05) is 39.8 Å². The number of rotatable bonds is 7. The van der Waals surface area contributed by atoms with Crippen molar-refractivity contribution >= 4 is 21.7 Å². The zero-order valence-corrected chi connectivity index (χ0v) is 22.5. The van der Waals surface area contributed by atoms with Gasteiger partial charge in [0.25, 0.3) is 5.56 Å². The molecule has 6 nitrogen and oxygen atoms in total. The second kappa shape index (κ2) is 10.1. The van der Waals surface area contributed by atoms with Gasteiger partial charge in [-0.3, -0.25) is 9.36 Å². The van der Waals surface area contributed by atoms with E-state index in [9.17, 15) is 17.6 Å². The molecule has 0 unspecified atom stereocenters. The van der Waals surface area contributed by atoms with Crippen LogP contribution < -0.4 is 9.74 Å². The average molecular weight is 521 g/mol. The lowest BCUT2D eigenvalue weighted by molar-refractivity contribution is 0.469. The van der Waals surface area contributed by atoms with Crippen LogP contribution in [0.1, 0.15) is 81.8 Å². The predicted octanol–water partition coefficient (Wildman–Crippen LogP) is 6.47. The third kappa shape index (κ3) is 5.59. The smallest absolute Gasteiger partial charge is 0.341 e. The van der Waals surface area contributed by atoms with E-state index in [1.165, 1.54) is 23.6 Å². The number of halogens is 2. The molecule has 35 heavy (non-hydrogen) atoms. The second-order valence-electron chi connectivity index (χ2n) is 9.44. The maximum absolute atomic E-state index is 13.6. The van der Waals surface area contributed by atoms with Gasteiger partial charge in [0.2, 0.25) is 5.88 Å². The first kappa shape index (κ1) is 26.9. The molecule has 0 atom stereocenters. The second-order valence-corrected chi connectivity index (χ2v) is 11.3. The normalized spacial score (nSPS) is 12.1. The fourth-order valence-electron chi connectivity index (χ4n) is 3.88. The SMILES string of the molecule is Cc1nc(OS(=O)(=O)c2c(C(C)C)cc(C(C)C)cc2C(C)C)cc(=O)n1-c1ccc(F)c(Cl)c1. The van der Waals surface area contributed by atoms with Gasteiger partial charge in [0.05, 0.1) is 16.8 Å². The van der Waals surface area contributed by atoms with Crippen molar-refractivity contribution in [3.8, 4) is 11.6 Å². The number of nitrogens with zero attached hydrogens (tertiary/aromatic N) is 2. The van der Waals surface area contributed by atoms with Crippen molar-refractivity contribution in [2.24, 2.45) is 0 Å². The van der Waals surface area contributed by atoms with Crippen molar-refractivity contribution in [1.82, 2.24) is 9.55 Å². The Morgan fingerprint density at radius 3 is 1.97 bits per heavy atom. The topological polar surface area (TPSA) is 78.3 Å². The molecule has 1 aromatic heterocycles. The van der Waals surface area contributed by atoms with Crippen LogP contribution in [0.5, 0.6) is 5.88 Å². The van der Waals surface area contributed by atoms with Crippen molar-refractivity contribution < 1.29 is 17.0 Å². The van der Waals surface area contributed by atoms with Crippen LogP contribution in [0.25, 0.3) is 5.69 Å². The highest BCUT2D eigenvalue weighted by Crippen LogP contribution is 2.36. The fourth-order valence-corrected chi connectivity index (χ4v) is 5.62. The number of aromatic nitrogens is 2. The standard InChI is InChI=1S/C26H30ClFN2O4S/c1-14(2)18-10-20(15(3)4)26(21(11-18)16(5)6)35(32,33)34-24-13-25(31)30(17(7)29-24)19-8-9-23(28)22(27)12-19/h8-16H,1-7H3. The molecule has 0 fully saturated rings. The molecule has 0 amide bonds. The Hall–Kier alpha value is -2.71. The lowest BCUT2D eigenvalue weighted by atomic mass is 9.89. The van der Waals surface area contributed by atoms with E-state index in [-0.39, 0.29) is 39.4 Å². The summed E-state index contributed by atoms with van der Waals surface area (Å²) in [6, 6.07) is 8.63. The van der Waals surface area contributed by atoms with Gasteiger partial charge < -0.3 is 4.18 Å². The maximum Gasteiger partial charge on any atom is 0.341 e. The van der Waals surface area contributed by atoms with Gasteiger partial charge in [0.1, 0.15) is 16.5 Å². The van der Waals surface area contributed by atoms with Gasteiger partial charge in [-0.25, -0.2) is 4.39 Å². The zero-order valence-electron chi connectivity index (χ0n) is 20.9. The first-order valence-corrected chi connectivity index (χ1v) is 13.2. The van der Waals surface area contributed by atoms with E-state index < -0.39 is 21.5 Å². The Kier molecular flexibility index (Phi) is 7.77. The van der Waals surface area contributed by atoms with Gasteiger partial charge in [0, 0.05) is 0 Å². The Labute approximate surface area is 210 Å². The lowest BCUT2D eigenvalue weighted by Gasteiger charge is -2.22. The molecule has 0 saturated carbocycles. The van der Waals surface area contributed by atoms with E-state index in [1.54, 1.807) is 0 Å². The third-order valence-corrected chi connectivity index (χ3v) is 7.40. The highest BCUT2D eigenvalue weighted by atomic mass is 35.5. The quantitative estimate of drug-likeness (QED) is 0.333. The molecule has 3 aromatic rings. The predicted molar refractivity (Wildman–Crippen MR) is 136 cm³/mol. The average Bonchev–Trinajstić information content (AvgIpc) is 2.74. The van der Waals surface area contributed by atoms with E-state index in [0.717, 1.165) is 17.7 Å². The lowest BCUT2D eigenvalue weighted by Crippen LogP contribution is -2.24.